The maximum absolute atomic E-state index is 11.9. The molecule has 1 aliphatic carbocycles. The van der Waals surface area contributed by atoms with Crippen LogP contribution in [0.3, 0.4) is 0 Å². The van der Waals surface area contributed by atoms with E-state index in [-0.39, 0.29) is 23.4 Å². The van der Waals surface area contributed by atoms with E-state index in [1.165, 1.54) is 24.6 Å². The highest BCUT2D eigenvalue weighted by atomic mass is 35.5. The Bertz CT molecular complexity index is 657. The van der Waals surface area contributed by atoms with Gasteiger partial charge in [0.1, 0.15) is 5.75 Å². The van der Waals surface area contributed by atoms with E-state index < -0.39 is 11.9 Å². The van der Waals surface area contributed by atoms with Crippen LogP contribution in [0.25, 0.3) is 0 Å². The van der Waals surface area contributed by atoms with Crippen LogP contribution in [0.5, 0.6) is 5.75 Å². The number of nitriles is 1. The zero-order chi connectivity index (χ0) is 17.5. The summed E-state index contributed by atoms with van der Waals surface area (Å²) in [7, 11) is 0. The molecule has 0 saturated heterocycles. The Morgan fingerprint density at radius 2 is 2.12 bits per heavy atom. The first-order valence-electron chi connectivity index (χ1n) is 7.92. The minimum atomic E-state index is -0.559. The number of ether oxygens (including phenoxy) is 1. The number of amides is 3. The largest absolute Gasteiger partial charge is 0.482 e. The highest BCUT2D eigenvalue weighted by Gasteiger charge is 2.23. The van der Waals surface area contributed by atoms with Gasteiger partial charge in [0.15, 0.2) is 6.61 Å². The van der Waals surface area contributed by atoms with Crippen molar-refractivity contribution in [1.29, 1.82) is 5.26 Å². The molecule has 2 rings (SSSR count). The molecule has 1 saturated carbocycles. The highest BCUT2D eigenvalue weighted by molar-refractivity contribution is 6.32. The maximum Gasteiger partial charge on any atom is 0.321 e. The Kier molecular flexibility index (Phi) is 6.44. The van der Waals surface area contributed by atoms with Crippen LogP contribution < -0.4 is 15.4 Å². The number of urea groups is 1. The first-order chi connectivity index (χ1) is 11.5. The van der Waals surface area contributed by atoms with Crippen molar-refractivity contribution >= 4 is 23.5 Å². The van der Waals surface area contributed by atoms with Crippen molar-refractivity contribution in [3.05, 3.63) is 28.8 Å². The Morgan fingerprint density at radius 1 is 1.38 bits per heavy atom. The summed E-state index contributed by atoms with van der Waals surface area (Å²) in [5.41, 5.74) is 0.401. The molecule has 0 heterocycles. The lowest BCUT2D eigenvalue weighted by atomic mass is 9.86. The van der Waals surface area contributed by atoms with Crippen molar-refractivity contribution in [3.63, 3.8) is 0 Å². The second-order valence-corrected chi connectivity index (χ2v) is 6.34. The normalized spacial score (nSPS) is 19.9. The van der Waals surface area contributed by atoms with E-state index in [0.717, 1.165) is 19.3 Å². The smallest absolute Gasteiger partial charge is 0.321 e. The van der Waals surface area contributed by atoms with Gasteiger partial charge in [-0.2, -0.15) is 5.26 Å². The number of nitrogens with zero attached hydrogens (tertiary/aromatic N) is 1. The number of rotatable bonds is 4. The minimum Gasteiger partial charge on any atom is -0.482 e. The molecule has 0 aliphatic heterocycles. The zero-order valence-electron chi connectivity index (χ0n) is 13.5. The molecule has 0 bridgehead atoms. The van der Waals surface area contributed by atoms with Crippen LogP contribution >= 0.6 is 11.6 Å². The fourth-order valence-electron chi connectivity index (χ4n) is 2.73. The van der Waals surface area contributed by atoms with Gasteiger partial charge >= 0.3 is 6.03 Å². The molecule has 0 aromatic heterocycles. The molecule has 0 spiro atoms. The molecule has 0 unspecified atom stereocenters. The standard InChI is InChI=1S/C17H20ClN3O3/c1-11-4-2-3-5-14(11)20-17(23)21-16(22)10-24-15-7-6-12(9-19)8-13(15)18/h6-8,11,14H,2-5,10H2,1H3,(H2,20,21,22,23)/t11-,14+/m1/s1. The number of imide groups is 1. The van der Waals surface area contributed by atoms with E-state index in [1.54, 1.807) is 0 Å². The van der Waals surface area contributed by atoms with E-state index in [0.29, 0.717) is 11.5 Å². The molecule has 1 aromatic carbocycles. The van der Waals surface area contributed by atoms with Crippen molar-refractivity contribution in [2.75, 3.05) is 6.61 Å². The molecule has 6 nitrogen and oxygen atoms in total. The van der Waals surface area contributed by atoms with Gasteiger partial charge in [0, 0.05) is 6.04 Å². The summed E-state index contributed by atoms with van der Waals surface area (Å²) in [4.78, 5) is 23.7. The van der Waals surface area contributed by atoms with Crippen LogP contribution in [-0.4, -0.2) is 24.6 Å². The monoisotopic (exact) mass is 349 g/mol. The number of halogens is 1. The van der Waals surface area contributed by atoms with Crippen molar-refractivity contribution in [2.45, 2.75) is 38.6 Å². The van der Waals surface area contributed by atoms with Gasteiger partial charge in [0.2, 0.25) is 0 Å². The SMILES string of the molecule is C[C@@H]1CCCC[C@@H]1NC(=O)NC(=O)COc1ccc(C#N)cc1Cl. The Balaban J connectivity index is 1.78. The predicted octanol–water partition coefficient (Wildman–Crippen LogP) is 2.99. The van der Waals surface area contributed by atoms with Crippen LogP contribution in [-0.2, 0) is 4.79 Å². The van der Waals surface area contributed by atoms with Gasteiger partial charge in [-0.25, -0.2) is 4.79 Å². The molecule has 2 N–H and O–H groups in total. The molecule has 0 radical (unpaired) electrons. The predicted molar refractivity (Wildman–Crippen MR) is 89.8 cm³/mol. The van der Waals surface area contributed by atoms with E-state index in [2.05, 4.69) is 17.6 Å². The number of benzene rings is 1. The fraction of sp³-hybridized carbons (Fsp3) is 0.471. The first-order valence-corrected chi connectivity index (χ1v) is 8.30. The summed E-state index contributed by atoms with van der Waals surface area (Å²) in [6.07, 6.45) is 4.28. The topological polar surface area (TPSA) is 91.2 Å². The molecular formula is C17H20ClN3O3. The fourth-order valence-corrected chi connectivity index (χ4v) is 2.96. The molecule has 128 valence electrons. The van der Waals surface area contributed by atoms with Gasteiger partial charge < -0.3 is 10.1 Å². The molecule has 1 fully saturated rings. The number of carbonyl (C=O) groups is 2. The number of nitrogens with one attached hydrogen (secondary N) is 2. The van der Waals surface area contributed by atoms with Gasteiger partial charge in [0.25, 0.3) is 5.91 Å². The average Bonchev–Trinajstić information content (AvgIpc) is 2.55. The zero-order valence-corrected chi connectivity index (χ0v) is 14.2. The summed E-state index contributed by atoms with van der Waals surface area (Å²) >= 11 is 5.96. The van der Waals surface area contributed by atoms with Crippen LogP contribution in [0.2, 0.25) is 5.02 Å². The number of carbonyl (C=O) groups excluding carboxylic acids is 2. The Hall–Kier alpha value is -2.26. The molecule has 1 aliphatic rings. The molecule has 24 heavy (non-hydrogen) atoms. The second kappa shape index (κ2) is 8.55. The van der Waals surface area contributed by atoms with Crippen LogP contribution in [0.1, 0.15) is 38.2 Å². The average molecular weight is 350 g/mol. The van der Waals surface area contributed by atoms with Crippen molar-refractivity contribution in [1.82, 2.24) is 10.6 Å². The van der Waals surface area contributed by atoms with E-state index in [9.17, 15) is 9.59 Å². The minimum absolute atomic E-state index is 0.0976. The van der Waals surface area contributed by atoms with Crippen LogP contribution in [0, 0.1) is 17.2 Å². The van der Waals surface area contributed by atoms with Crippen molar-refractivity contribution < 1.29 is 14.3 Å². The summed E-state index contributed by atoms with van der Waals surface area (Å²) in [6.45, 7) is 1.77. The van der Waals surface area contributed by atoms with Gasteiger partial charge in [0.05, 0.1) is 16.7 Å². The Morgan fingerprint density at radius 3 is 2.79 bits per heavy atom. The quantitative estimate of drug-likeness (QED) is 0.874. The summed E-state index contributed by atoms with van der Waals surface area (Å²) in [5, 5.41) is 14.1. The summed E-state index contributed by atoms with van der Waals surface area (Å²) < 4.78 is 5.28. The molecule has 1 aromatic rings. The molecule has 2 atom stereocenters. The maximum atomic E-state index is 11.9. The van der Waals surface area contributed by atoms with Crippen LogP contribution in [0.15, 0.2) is 18.2 Å². The van der Waals surface area contributed by atoms with Gasteiger partial charge in [-0.3, -0.25) is 10.1 Å². The van der Waals surface area contributed by atoms with Gasteiger partial charge in [-0.15, -0.1) is 0 Å². The molecule has 7 heteroatoms. The molecular weight excluding hydrogens is 330 g/mol. The Labute approximate surface area is 146 Å². The van der Waals surface area contributed by atoms with Gasteiger partial charge in [-0.1, -0.05) is 31.4 Å². The highest BCUT2D eigenvalue weighted by Crippen LogP contribution is 2.25. The van der Waals surface area contributed by atoms with E-state index in [1.807, 2.05) is 6.07 Å². The summed E-state index contributed by atoms with van der Waals surface area (Å²) in [5.74, 6) is 0.136. The first kappa shape index (κ1) is 18.1. The molecule has 3 amide bonds. The third-order valence-electron chi connectivity index (χ3n) is 4.10. The van der Waals surface area contributed by atoms with E-state index in [4.69, 9.17) is 21.6 Å². The van der Waals surface area contributed by atoms with Crippen molar-refractivity contribution in [2.24, 2.45) is 5.92 Å². The summed E-state index contributed by atoms with van der Waals surface area (Å²) in [6, 6.07) is 6.05. The third kappa shape index (κ3) is 5.14. The van der Waals surface area contributed by atoms with Crippen molar-refractivity contribution in [3.8, 4) is 11.8 Å². The number of hydrogen-bond acceptors (Lipinski definition) is 4. The van der Waals surface area contributed by atoms with Crippen LogP contribution in [0.4, 0.5) is 4.79 Å². The lowest BCUT2D eigenvalue weighted by Crippen LogP contribution is -2.48. The van der Waals surface area contributed by atoms with Gasteiger partial charge in [-0.05, 0) is 37.0 Å². The number of hydrogen-bond donors (Lipinski definition) is 2. The second-order valence-electron chi connectivity index (χ2n) is 5.94. The lowest BCUT2D eigenvalue weighted by molar-refractivity contribution is -0.122. The third-order valence-corrected chi connectivity index (χ3v) is 4.40. The van der Waals surface area contributed by atoms with E-state index >= 15 is 0 Å². The lowest BCUT2D eigenvalue weighted by Gasteiger charge is -2.29.